The molecule has 0 radical (unpaired) electrons. The standard InChI is InChI=1S/C45H28N8/c1-2-8-32(33-9-6-19-46-25-33)21-31(7-1)30-14-16-39-40-18-20-47-27-43(40)52(42(39)17-15-30)36-10-5-11-37(24-36)53-41-13-4-3-12-38(41)34-22-35(26-49-44(53)23-34)45-50-28-48-29-51-45/h1-6,8-15,17-22,24-29H,16H2. The van der Waals surface area contributed by atoms with Crippen molar-refractivity contribution in [1.29, 1.82) is 0 Å². The predicted octanol–water partition coefficient (Wildman–Crippen LogP) is 8.98. The van der Waals surface area contributed by atoms with Gasteiger partial charge in [-0.15, -0.1) is 5.73 Å². The third-order valence-corrected chi connectivity index (χ3v) is 9.70. The topological polar surface area (TPSA) is 85.0 Å². The smallest absolute Gasteiger partial charge is 0.183 e. The number of hydrogen-bond donors (Lipinski definition) is 0. The number of hydrogen-bond acceptors (Lipinski definition) is 7. The van der Waals surface area contributed by atoms with Crippen molar-refractivity contribution in [2.24, 2.45) is 4.99 Å². The largest absolute Gasteiger partial charge is 0.308 e. The summed E-state index contributed by atoms with van der Waals surface area (Å²) in [7, 11) is 0. The van der Waals surface area contributed by atoms with Crippen LogP contribution in [-0.4, -0.2) is 35.7 Å². The molecule has 0 saturated heterocycles. The van der Waals surface area contributed by atoms with Crippen molar-refractivity contribution in [3.8, 4) is 5.69 Å². The van der Waals surface area contributed by atoms with E-state index < -0.39 is 0 Å². The summed E-state index contributed by atoms with van der Waals surface area (Å²) in [5.74, 6) is 1.24. The van der Waals surface area contributed by atoms with Crippen molar-refractivity contribution in [2.45, 2.75) is 6.42 Å². The number of benzene rings is 2. The molecule has 6 aromatic rings. The summed E-state index contributed by atoms with van der Waals surface area (Å²) < 4.78 is 2.31. The summed E-state index contributed by atoms with van der Waals surface area (Å²) in [4.78, 5) is 28.7. The molecule has 2 aromatic carbocycles. The molecule has 0 unspecified atom stereocenters. The zero-order chi connectivity index (χ0) is 35.1. The average Bonchev–Trinajstić information content (AvgIpc) is 3.49. The Morgan fingerprint density at radius 1 is 0.717 bits per heavy atom. The molecule has 4 aliphatic rings. The molecule has 6 heterocycles. The van der Waals surface area contributed by atoms with Crippen LogP contribution in [0.5, 0.6) is 0 Å². The van der Waals surface area contributed by atoms with Crippen molar-refractivity contribution in [3.05, 3.63) is 203 Å². The van der Waals surface area contributed by atoms with Gasteiger partial charge >= 0.3 is 0 Å². The molecular formula is C45H28N8. The Kier molecular flexibility index (Phi) is 7.26. The van der Waals surface area contributed by atoms with Gasteiger partial charge in [0, 0.05) is 63.7 Å². The second-order valence-corrected chi connectivity index (χ2v) is 12.8. The zero-order valence-corrected chi connectivity index (χ0v) is 28.3. The van der Waals surface area contributed by atoms with E-state index in [0.717, 1.165) is 73.7 Å². The van der Waals surface area contributed by atoms with Crippen LogP contribution in [0.25, 0.3) is 39.4 Å². The molecule has 8 heteroatoms. The van der Waals surface area contributed by atoms with Crippen molar-refractivity contribution in [3.63, 3.8) is 0 Å². The van der Waals surface area contributed by atoms with Crippen molar-refractivity contribution in [2.75, 3.05) is 4.90 Å². The third kappa shape index (κ3) is 5.36. The number of aliphatic imine (C=N–C) groups is 1. The Morgan fingerprint density at radius 2 is 1.60 bits per heavy atom. The summed E-state index contributed by atoms with van der Waals surface area (Å²) in [5.41, 5.74) is 20.5. The lowest BCUT2D eigenvalue weighted by molar-refractivity contribution is 1.02. The predicted molar refractivity (Wildman–Crippen MR) is 210 cm³/mol. The number of anilines is 2. The minimum atomic E-state index is 0.560. The molecule has 2 aliphatic heterocycles. The van der Waals surface area contributed by atoms with Gasteiger partial charge in [-0.2, -0.15) is 0 Å². The fourth-order valence-electron chi connectivity index (χ4n) is 7.28. The van der Waals surface area contributed by atoms with E-state index in [1.165, 1.54) is 23.6 Å². The second kappa shape index (κ2) is 12.7. The Balaban J connectivity index is 1.06. The van der Waals surface area contributed by atoms with Crippen molar-refractivity contribution in [1.82, 2.24) is 29.5 Å². The van der Waals surface area contributed by atoms with Crippen molar-refractivity contribution < 1.29 is 0 Å². The molecule has 248 valence electrons. The number of allylic oxidation sites excluding steroid dienone is 11. The van der Waals surface area contributed by atoms with Gasteiger partial charge < -0.3 is 4.57 Å². The molecule has 0 N–H and O–H groups in total. The average molecular weight is 681 g/mol. The second-order valence-electron chi connectivity index (χ2n) is 12.8. The van der Waals surface area contributed by atoms with Gasteiger partial charge in [-0.25, -0.2) is 19.9 Å². The first-order valence-corrected chi connectivity index (χ1v) is 17.3. The first-order valence-electron chi connectivity index (χ1n) is 17.3. The molecule has 0 amide bonds. The lowest BCUT2D eigenvalue weighted by Gasteiger charge is -2.29. The number of fused-ring (bicyclic) bond motifs is 5. The van der Waals surface area contributed by atoms with Gasteiger partial charge in [0.05, 0.1) is 28.8 Å². The minimum absolute atomic E-state index is 0.560. The normalized spacial score (nSPS) is 15.6. The maximum atomic E-state index is 4.93. The third-order valence-electron chi connectivity index (χ3n) is 9.70. The molecule has 0 atom stereocenters. The Hall–Kier alpha value is -7.50. The van der Waals surface area contributed by atoms with Gasteiger partial charge in [0.1, 0.15) is 12.7 Å². The van der Waals surface area contributed by atoms with Crippen LogP contribution < -0.4 is 4.90 Å². The quantitative estimate of drug-likeness (QED) is 0.169. The molecule has 10 rings (SSSR count). The van der Waals surface area contributed by atoms with Crippen LogP contribution in [0.4, 0.5) is 11.4 Å². The molecule has 0 spiro atoms. The SMILES string of the molecule is C1=CC=CC(c2cccnc2)=CC=1C1=CCc2c(n(-c3cccc(N4C5=C=C(C=C(c6ncncn6)C=N5)c5ccccc54)c3)c3cnccc23)C=C1. The van der Waals surface area contributed by atoms with Crippen LogP contribution in [-0.2, 0) is 6.42 Å². The molecule has 0 fully saturated rings. The lowest BCUT2D eigenvalue weighted by atomic mass is 9.98. The van der Waals surface area contributed by atoms with Crippen LogP contribution in [0.3, 0.4) is 0 Å². The fourth-order valence-corrected chi connectivity index (χ4v) is 7.28. The molecule has 2 aliphatic carbocycles. The first kappa shape index (κ1) is 30.3. The highest BCUT2D eigenvalue weighted by atomic mass is 15.2. The van der Waals surface area contributed by atoms with E-state index in [2.05, 4.69) is 131 Å². The van der Waals surface area contributed by atoms with E-state index in [9.17, 15) is 0 Å². The fraction of sp³-hybridized carbons (Fsp3) is 0.0222. The highest BCUT2D eigenvalue weighted by molar-refractivity contribution is 6.13. The molecule has 4 aromatic heterocycles. The van der Waals surface area contributed by atoms with E-state index in [1.807, 2.05) is 49.0 Å². The number of nitrogens with zero attached hydrogens (tertiary/aromatic N) is 8. The Labute approximate surface area is 305 Å². The van der Waals surface area contributed by atoms with E-state index in [1.54, 1.807) is 12.4 Å². The molecule has 8 nitrogen and oxygen atoms in total. The minimum Gasteiger partial charge on any atom is -0.308 e. The van der Waals surface area contributed by atoms with E-state index in [4.69, 9.17) is 4.99 Å². The van der Waals surface area contributed by atoms with Crippen molar-refractivity contribution >= 4 is 51.3 Å². The van der Waals surface area contributed by atoms with Gasteiger partial charge in [0.25, 0.3) is 0 Å². The summed E-state index contributed by atoms with van der Waals surface area (Å²) in [6.07, 6.45) is 30.1. The lowest BCUT2D eigenvalue weighted by Crippen LogP contribution is -2.18. The van der Waals surface area contributed by atoms with Gasteiger partial charge in [0.2, 0.25) is 0 Å². The van der Waals surface area contributed by atoms with E-state index >= 15 is 0 Å². The maximum absolute atomic E-state index is 4.93. The Bertz CT molecular complexity index is 2820. The highest BCUT2D eigenvalue weighted by Gasteiger charge is 2.26. The summed E-state index contributed by atoms with van der Waals surface area (Å²) in [6, 6.07) is 23.1. The summed E-state index contributed by atoms with van der Waals surface area (Å²) in [6.45, 7) is 0. The molecule has 0 saturated carbocycles. The van der Waals surface area contributed by atoms with Crippen LogP contribution in [0.15, 0.2) is 180 Å². The number of para-hydroxylation sites is 1. The molecular weight excluding hydrogens is 653 g/mol. The number of aromatic nitrogens is 6. The van der Waals surface area contributed by atoms with Gasteiger partial charge in [-0.1, -0.05) is 60.4 Å². The van der Waals surface area contributed by atoms with Gasteiger partial charge in [-0.3, -0.25) is 14.9 Å². The maximum Gasteiger partial charge on any atom is 0.183 e. The van der Waals surface area contributed by atoms with Gasteiger partial charge in [-0.05, 0) is 83.8 Å². The van der Waals surface area contributed by atoms with Crippen LogP contribution in [0.2, 0.25) is 0 Å². The zero-order valence-electron chi connectivity index (χ0n) is 28.3. The van der Waals surface area contributed by atoms with E-state index in [0.29, 0.717) is 11.6 Å². The van der Waals surface area contributed by atoms with Crippen LogP contribution in [0, 0.1) is 0 Å². The van der Waals surface area contributed by atoms with Crippen LogP contribution in [0.1, 0.15) is 28.2 Å². The summed E-state index contributed by atoms with van der Waals surface area (Å²) in [5, 5.41) is 1.17. The first-order chi connectivity index (χ1) is 26.3. The Morgan fingerprint density at radius 3 is 2.53 bits per heavy atom. The monoisotopic (exact) mass is 680 g/mol. The number of pyridine rings is 2. The van der Waals surface area contributed by atoms with Gasteiger partial charge in [0.15, 0.2) is 11.6 Å². The van der Waals surface area contributed by atoms with E-state index in [-0.39, 0.29) is 0 Å². The molecule has 53 heavy (non-hydrogen) atoms. The van der Waals surface area contributed by atoms with Crippen LogP contribution >= 0.6 is 0 Å². The summed E-state index contributed by atoms with van der Waals surface area (Å²) >= 11 is 0. The highest BCUT2D eigenvalue weighted by Crippen LogP contribution is 2.42. The number of rotatable bonds is 5. The molecule has 2 bridgehead atoms.